The predicted molar refractivity (Wildman–Crippen MR) is 77.1 cm³/mol. The van der Waals surface area contributed by atoms with Crippen LogP contribution in [0.25, 0.3) is 0 Å². The predicted octanol–water partition coefficient (Wildman–Crippen LogP) is 3.85. The maximum absolute atomic E-state index is 11.4. The van der Waals surface area contributed by atoms with Crippen LogP contribution < -0.4 is 4.74 Å². The molecule has 0 radical (unpaired) electrons. The highest BCUT2D eigenvalue weighted by Gasteiger charge is 2.17. The van der Waals surface area contributed by atoms with Gasteiger partial charge in [0.2, 0.25) is 0 Å². The van der Waals surface area contributed by atoms with Crippen LogP contribution in [0.1, 0.15) is 48.2 Å². The van der Waals surface area contributed by atoms with Crippen LogP contribution in [0.3, 0.4) is 0 Å². The van der Waals surface area contributed by atoms with Crippen molar-refractivity contribution in [3.05, 3.63) is 41.5 Å². The van der Waals surface area contributed by atoms with Gasteiger partial charge in [0.25, 0.3) is 0 Å². The first-order valence-electron chi connectivity index (χ1n) is 6.76. The summed E-state index contributed by atoms with van der Waals surface area (Å²) in [4.78, 5) is 11.4. The second kappa shape index (κ2) is 7.62. The minimum Gasteiger partial charge on any atom is -0.488 e. The standard InChI is InChI=1S/C16H22O3/c1-4-7-12-10-13(8-5-2)15(19-9-6-3)14(11-12)16(17)18/h6,10-11H,3-5,7-9H2,1-2H3,(H,17,18). The summed E-state index contributed by atoms with van der Waals surface area (Å²) in [7, 11) is 0. The van der Waals surface area contributed by atoms with Gasteiger partial charge in [0.05, 0.1) is 0 Å². The molecule has 0 fully saturated rings. The average molecular weight is 262 g/mol. The number of carboxylic acid groups (broad SMARTS) is 1. The normalized spacial score (nSPS) is 10.2. The molecule has 0 bridgehead atoms. The smallest absolute Gasteiger partial charge is 0.339 e. The number of ether oxygens (including phenoxy) is 1. The molecule has 0 saturated heterocycles. The summed E-state index contributed by atoms with van der Waals surface area (Å²) in [5.41, 5.74) is 2.30. The zero-order chi connectivity index (χ0) is 14.3. The minimum atomic E-state index is -0.936. The number of carbonyl (C=O) groups is 1. The second-order valence-electron chi connectivity index (χ2n) is 4.54. The van der Waals surface area contributed by atoms with Crippen molar-refractivity contribution in [1.82, 2.24) is 0 Å². The molecule has 3 nitrogen and oxygen atoms in total. The summed E-state index contributed by atoms with van der Waals surface area (Å²) in [5.74, 6) is -0.441. The van der Waals surface area contributed by atoms with Crippen molar-refractivity contribution in [2.75, 3.05) is 6.61 Å². The summed E-state index contributed by atoms with van der Waals surface area (Å²) in [6.07, 6.45) is 5.29. The van der Waals surface area contributed by atoms with Gasteiger partial charge in [0.15, 0.2) is 0 Å². The lowest BCUT2D eigenvalue weighted by Gasteiger charge is -2.15. The van der Waals surface area contributed by atoms with Gasteiger partial charge in [0.1, 0.15) is 17.9 Å². The van der Waals surface area contributed by atoms with Crippen molar-refractivity contribution in [1.29, 1.82) is 0 Å². The van der Waals surface area contributed by atoms with Crippen LogP contribution in [0, 0.1) is 0 Å². The molecule has 0 amide bonds. The number of carboxylic acids is 1. The van der Waals surface area contributed by atoms with Crippen LogP contribution in [0.15, 0.2) is 24.8 Å². The van der Waals surface area contributed by atoms with Crippen LogP contribution in [0.4, 0.5) is 0 Å². The molecular formula is C16H22O3. The molecule has 1 N–H and O–H groups in total. The van der Waals surface area contributed by atoms with Crippen molar-refractivity contribution in [2.45, 2.75) is 39.5 Å². The molecule has 0 saturated carbocycles. The highest BCUT2D eigenvalue weighted by molar-refractivity contribution is 5.91. The lowest BCUT2D eigenvalue weighted by Crippen LogP contribution is -2.08. The quantitative estimate of drug-likeness (QED) is 0.724. The van der Waals surface area contributed by atoms with E-state index in [1.165, 1.54) is 0 Å². The number of aromatic carboxylic acids is 1. The summed E-state index contributed by atoms with van der Waals surface area (Å²) in [6.45, 7) is 8.08. The van der Waals surface area contributed by atoms with E-state index >= 15 is 0 Å². The third-order valence-electron chi connectivity index (χ3n) is 2.86. The van der Waals surface area contributed by atoms with E-state index in [2.05, 4.69) is 26.5 Å². The highest BCUT2D eigenvalue weighted by Crippen LogP contribution is 2.28. The van der Waals surface area contributed by atoms with Gasteiger partial charge < -0.3 is 9.84 Å². The Morgan fingerprint density at radius 2 is 2.00 bits per heavy atom. The van der Waals surface area contributed by atoms with Crippen LogP contribution in [-0.2, 0) is 12.8 Å². The SMILES string of the molecule is C=CCOc1c(CCC)cc(CCC)cc1C(=O)O. The van der Waals surface area contributed by atoms with E-state index in [1.54, 1.807) is 12.1 Å². The van der Waals surface area contributed by atoms with Crippen molar-refractivity contribution >= 4 is 5.97 Å². The average Bonchev–Trinajstić information content (AvgIpc) is 2.37. The fraction of sp³-hybridized carbons (Fsp3) is 0.438. The molecule has 0 aromatic heterocycles. The monoisotopic (exact) mass is 262 g/mol. The number of rotatable bonds is 8. The van der Waals surface area contributed by atoms with Gasteiger partial charge in [-0.3, -0.25) is 0 Å². The van der Waals surface area contributed by atoms with Crippen molar-refractivity contribution in [3.63, 3.8) is 0 Å². The molecule has 0 aliphatic rings. The van der Waals surface area contributed by atoms with E-state index < -0.39 is 5.97 Å². The Morgan fingerprint density at radius 3 is 2.53 bits per heavy atom. The molecule has 3 heteroatoms. The number of aryl methyl sites for hydroxylation is 2. The van der Waals surface area contributed by atoms with Gasteiger partial charge in [-0.25, -0.2) is 4.79 Å². The van der Waals surface area contributed by atoms with Gasteiger partial charge in [-0.1, -0.05) is 45.4 Å². The zero-order valence-electron chi connectivity index (χ0n) is 11.7. The van der Waals surface area contributed by atoms with Crippen LogP contribution in [0.2, 0.25) is 0 Å². The lowest BCUT2D eigenvalue weighted by molar-refractivity contribution is 0.0692. The molecule has 0 heterocycles. The first-order chi connectivity index (χ1) is 9.13. The zero-order valence-corrected chi connectivity index (χ0v) is 11.7. The fourth-order valence-corrected chi connectivity index (χ4v) is 2.11. The molecule has 0 atom stereocenters. The van der Waals surface area contributed by atoms with Gasteiger partial charge >= 0.3 is 5.97 Å². The Bertz CT molecular complexity index is 450. The van der Waals surface area contributed by atoms with E-state index in [0.29, 0.717) is 12.4 Å². The molecular weight excluding hydrogens is 240 g/mol. The Kier molecular flexibility index (Phi) is 6.13. The first-order valence-corrected chi connectivity index (χ1v) is 6.76. The summed E-state index contributed by atoms with van der Waals surface area (Å²) in [6, 6.07) is 3.79. The lowest BCUT2D eigenvalue weighted by atomic mass is 9.98. The molecule has 0 spiro atoms. The summed E-state index contributed by atoms with van der Waals surface area (Å²) in [5, 5.41) is 9.34. The minimum absolute atomic E-state index is 0.260. The highest BCUT2D eigenvalue weighted by atomic mass is 16.5. The molecule has 0 unspecified atom stereocenters. The van der Waals surface area contributed by atoms with Gasteiger partial charge in [-0.2, -0.15) is 0 Å². The summed E-state index contributed by atoms with van der Waals surface area (Å²) < 4.78 is 5.57. The molecule has 0 aliphatic carbocycles. The second-order valence-corrected chi connectivity index (χ2v) is 4.54. The maximum atomic E-state index is 11.4. The van der Waals surface area contributed by atoms with Gasteiger partial charge in [-0.05, 0) is 30.0 Å². The van der Waals surface area contributed by atoms with Crippen LogP contribution in [-0.4, -0.2) is 17.7 Å². The van der Waals surface area contributed by atoms with Crippen molar-refractivity contribution in [3.8, 4) is 5.75 Å². The Balaban J connectivity index is 3.27. The number of hydrogen-bond acceptors (Lipinski definition) is 2. The van der Waals surface area contributed by atoms with Gasteiger partial charge in [-0.15, -0.1) is 0 Å². The molecule has 104 valence electrons. The van der Waals surface area contributed by atoms with Crippen molar-refractivity contribution in [2.24, 2.45) is 0 Å². The van der Waals surface area contributed by atoms with E-state index in [1.807, 2.05) is 0 Å². The largest absolute Gasteiger partial charge is 0.488 e. The molecule has 1 aromatic rings. The molecule has 1 rings (SSSR count). The first kappa shape index (κ1) is 15.3. The Morgan fingerprint density at radius 1 is 1.32 bits per heavy atom. The Hall–Kier alpha value is -1.77. The topological polar surface area (TPSA) is 46.5 Å². The fourth-order valence-electron chi connectivity index (χ4n) is 2.11. The third kappa shape index (κ3) is 4.12. The maximum Gasteiger partial charge on any atom is 0.339 e. The third-order valence-corrected chi connectivity index (χ3v) is 2.86. The van der Waals surface area contributed by atoms with E-state index in [4.69, 9.17) is 4.74 Å². The van der Waals surface area contributed by atoms with E-state index in [-0.39, 0.29) is 5.56 Å². The van der Waals surface area contributed by atoms with E-state index in [9.17, 15) is 9.90 Å². The number of benzene rings is 1. The molecule has 0 aliphatic heterocycles. The Labute approximate surface area is 114 Å². The van der Waals surface area contributed by atoms with Crippen LogP contribution in [0.5, 0.6) is 5.75 Å². The molecule has 19 heavy (non-hydrogen) atoms. The van der Waals surface area contributed by atoms with E-state index in [0.717, 1.165) is 36.8 Å². The van der Waals surface area contributed by atoms with Crippen LogP contribution >= 0.6 is 0 Å². The van der Waals surface area contributed by atoms with Gasteiger partial charge in [0, 0.05) is 0 Å². The summed E-state index contributed by atoms with van der Waals surface area (Å²) >= 11 is 0. The number of hydrogen-bond donors (Lipinski definition) is 1. The van der Waals surface area contributed by atoms with Crippen molar-refractivity contribution < 1.29 is 14.6 Å². The molecule has 1 aromatic carbocycles.